The molecule has 160 valence electrons. The minimum atomic E-state index is -0.488. The molecule has 0 bridgehead atoms. The summed E-state index contributed by atoms with van der Waals surface area (Å²) < 4.78 is 18.9. The van der Waals surface area contributed by atoms with Crippen LogP contribution in [-0.2, 0) is 6.42 Å². The molecular formula is C23H28FN3O3. The second kappa shape index (κ2) is 10.6. The lowest BCUT2D eigenvalue weighted by Gasteiger charge is -2.32. The van der Waals surface area contributed by atoms with Crippen molar-refractivity contribution in [3.8, 4) is 5.75 Å². The molecule has 1 saturated heterocycles. The molecule has 7 heteroatoms. The molecule has 0 spiro atoms. The van der Waals surface area contributed by atoms with Crippen molar-refractivity contribution < 1.29 is 18.7 Å². The highest BCUT2D eigenvalue weighted by atomic mass is 19.1. The molecule has 2 aromatic carbocycles. The molecule has 3 rings (SSSR count). The Bertz CT molecular complexity index is 849. The van der Waals surface area contributed by atoms with Crippen LogP contribution in [0, 0.1) is 11.7 Å². The summed E-state index contributed by atoms with van der Waals surface area (Å²) in [6.45, 7) is 2.25. The molecule has 0 atom stereocenters. The summed E-state index contributed by atoms with van der Waals surface area (Å²) in [7, 11) is 1.63. The number of rotatable bonds is 7. The van der Waals surface area contributed by atoms with E-state index in [1.165, 1.54) is 12.1 Å². The van der Waals surface area contributed by atoms with Crippen LogP contribution in [0.1, 0.15) is 28.8 Å². The molecule has 30 heavy (non-hydrogen) atoms. The number of benzene rings is 2. The average Bonchev–Trinajstić information content (AvgIpc) is 2.78. The number of nitrogens with one attached hydrogen (secondary N) is 2. The van der Waals surface area contributed by atoms with Gasteiger partial charge in [0.05, 0.1) is 12.7 Å². The number of amides is 3. The molecule has 0 aromatic heterocycles. The standard InChI is InChI=1S/C23H28FN3O3/c1-30-19-8-6-17(7-9-19)10-13-25-23(29)26-16-18-11-14-27(15-12-18)22(28)20-4-2-3-5-21(20)24/h2-9,18H,10-16H2,1H3,(H2,25,26,29). The van der Waals surface area contributed by atoms with Crippen LogP contribution in [0.15, 0.2) is 48.5 Å². The maximum absolute atomic E-state index is 13.8. The van der Waals surface area contributed by atoms with Crippen LogP contribution in [0.5, 0.6) is 5.75 Å². The molecule has 0 aliphatic carbocycles. The first-order valence-electron chi connectivity index (χ1n) is 10.2. The summed E-state index contributed by atoms with van der Waals surface area (Å²) in [5, 5.41) is 5.77. The lowest BCUT2D eigenvalue weighted by Crippen LogP contribution is -2.44. The Morgan fingerprint density at radius 1 is 1.07 bits per heavy atom. The quantitative estimate of drug-likeness (QED) is 0.732. The molecule has 1 fully saturated rings. The first-order chi connectivity index (χ1) is 14.6. The lowest BCUT2D eigenvalue weighted by molar-refractivity contribution is 0.0686. The monoisotopic (exact) mass is 413 g/mol. The smallest absolute Gasteiger partial charge is 0.314 e. The molecule has 2 N–H and O–H groups in total. The van der Waals surface area contributed by atoms with Crippen molar-refractivity contribution in [1.29, 1.82) is 0 Å². The predicted molar refractivity (Wildman–Crippen MR) is 113 cm³/mol. The Labute approximate surface area is 176 Å². The number of piperidine rings is 1. The zero-order chi connectivity index (χ0) is 21.3. The summed E-state index contributed by atoms with van der Waals surface area (Å²) >= 11 is 0. The number of hydrogen-bond acceptors (Lipinski definition) is 3. The van der Waals surface area contributed by atoms with Gasteiger partial charge in [0.15, 0.2) is 0 Å². The fourth-order valence-electron chi connectivity index (χ4n) is 3.56. The number of hydrogen-bond donors (Lipinski definition) is 2. The van der Waals surface area contributed by atoms with E-state index in [0.717, 1.165) is 30.6 Å². The van der Waals surface area contributed by atoms with Crippen molar-refractivity contribution in [1.82, 2.24) is 15.5 Å². The number of likely N-dealkylation sites (tertiary alicyclic amines) is 1. The third kappa shape index (κ3) is 5.95. The molecule has 0 radical (unpaired) electrons. The number of methoxy groups -OCH3 is 1. The summed E-state index contributed by atoms with van der Waals surface area (Å²) in [5.74, 6) is 0.362. The van der Waals surface area contributed by atoms with Crippen LogP contribution in [0.2, 0.25) is 0 Å². The fourth-order valence-corrected chi connectivity index (χ4v) is 3.56. The first kappa shape index (κ1) is 21.6. The molecule has 1 heterocycles. The summed E-state index contributed by atoms with van der Waals surface area (Å²) in [6, 6.07) is 13.6. The molecule has 3 amide bonds. The Hall–Kier alpha value is -3.09. The third-order valence-corrected chi connectivity index (χ3v) is 5.42. The van der Waals surface area contributed by atoms with Crippen molar-refractivity contribution in [2.75, 3.05) is 33.3 Å². The highest BCUT2D eigenvalue weighted by Gasteiger charge is 2.25. The van der Waals surface area contributed by atoms with Gasteiger partial charge in [0.1, 0.15) is 11.6 Å². The van der Waals surface area contributed by atoms with Gasteiger partial charge in [0, 0.05) is 26.2 Å². The van der Waals surface area contributed by atoms with Crippen LogP contribution < -0.4 is 15.4 Å². The van der Waals surface area contributed by atoms with Crippen molar-refractivity contribution in [3.63, 3.8) is 0 Å². The molecular weight excluding hydrogens is 385 g/mol. The highest BCUT2D eigenvalue weighted by Crippen LogP contribution is 2.19. The average molecular weight is 413 g/mol. The lowest BCUT2D eigenvalue weighted by atomic mass is 9.96. The van der Waals surface area contributed by atoms with Gasteiger partial charge in [0.25, 0.3) is 5.91 Å². The van der Waals surface area contributed by atoms with Gasteiger partial charge >= 0.3 is 6.03 Å². The number of halogens is 1. The van der Waals surface area contributed by atoms with Crippen molar-refractivity contribution in [3.05, 3.63) is 65.5 Å². The van der Waals surface area contributed by atoms with E-state index in [0.29, 0.717) is 32.1 Å². The first-order valence-corrected chi connectivity index (χ1v) is 10.2. The van der Waals surface area contributed by atoms with Gasteiger partial charge in [-0.3, -0.25) is 4.79 Å². The molecule has 2 aromatic rings. The van der Waals surface area contributed by atoms with E-state index in [2.05, 4.69) is 10.6 Å². The van der Waals surface area contributed by atoms with E-state index in [1.807, 2.05) is 24.3 Å². The van der Waals surface area contributed by atoms with Crippen LogP contribution in [0.25, 0.3) is 0 Å². The minimum absolute atomic E-state index is 0.116. The van der Waals surface area contributed by atoms with E-state index in [1.54, 1.807) is 24.1 Å². The van der Waals surface area contributed by atoms with E-state index in [4.69, 9.17) is 4.74 Å². The predicted octanol–water partition coefficient (Wildman–Crippen LogP) is 3.23. The SMILES string of the molecule is COc1ccc(CCNC(=O)NCC2CCN(C(=O)c3ccccc3F)CC2)cc1. The summed E-state index contributed by atoms with van der Waals surface area (Å²) in [4.78, 5) is 26.2. The Morgan fingerprint density at radius 3 is 2.43 bits per heavy atom. The topological polar surface area (TPSA) is 70.7 Å². The molecule has 0 saturated carbocycles. The second-order valence-electron chi connectivity index (χ2n) is 7.45. The summed E-state index contributed by atoms with van der Waals surface area (Å²) in [5.41, 5.74) is 1.24. The van der Waals surface area contributed by atoms with Gasteiger partial charge in [-0.1, -0.05) is 24.3 Å². The maximum Gasteiger partial charge on any atom is 0.314 e. The Balaban J connectivity index is 1.33. The second-order valence-corrected chi connectivity index (χ2v) is 7.45. The van der Waals surface area contributed by atoms with Crippen LogP contribution >= 0.6 is 0 Å². The van der Waals surface area contributed by atoms with E-state index in [-0.39, 0.29) is 17.5 Å². The van der Waals surface area contributed by atoms with E-state index >= 15 is 0 Å². The number of ether oxygens (including phenoxy) is 1. The normalized spacial score (nSPS) is 14.3. The van der Waals surface area contributed by atoms with Crippen LogP contribution in [0.3, 0.4) is 0 Å². The largest absolute Gasteiger partial charge is 0.497 e. The Morgan fingerprint density at radius 2 is 1.77 bits per heavy atom. The molecule has 6 nitrogen and oxygen atoms in total. The molecule has 0 unspecified atom stereocenters. The molecule has 1 aliphatic rings. The van der Waals surface area contributed by atoms with Gasteiger partial charge in [-0.15, -0.1) is 0 Å². The maximum atomic E-state index is 13.8. The van der Waals surface area contributed by atoms with Gasteiger partial charge in [-0.25, -0.2) is 9.18 Å². The van der Waals surface area contributed by atoms with Gasteiger partial charge < -0.3 is 20.3 Å². The third-order valence-electron chi connectivity index (χ3n) is 5.42. The Kier molecular flexibility index (Phi) is 7.65. The zero-order valence-electron chi connectivity index (χ0n) is 17.2. The van der Waals surface area contributed by atoms with Gasteiger partial charge in [-0.2, -0.15) is 0 Å². The molecule has 1 aliphatic heterocycles. The van der Waals surface area contributed by atoms with E-state index in [9.17, 15) is 14.0 Å². The van der Waals surface area contributed by atoms with Crippen LogP contribution in [-0.4, -0.2) is 50.1 Å². The fraction of sp³-hybridized carbons (Fsp3) is 0.391. The number of nitrogens with zero attached hydrogens (tertiary/aromatic N) is 1. The van der Waals surface area contributed by atoms with Crippen LogP contribution in [0.4, 0.5) is 9.18 Å². The van der Waals surface area contributed by atoms with Crippen molar-refractivity contribution in [2.24, 2.45) is 5.92 Å². The zero-order valence-corrected chi connectivity index (χ0v) is 17.2. The van der Waals surface area contributed by atoms with Crippen molar-refractivity contribution >= 4 is 11.9 Å². The number of carbonyl (C=O) groups is 2. The summed E-state index contributed by atoms with van der Waals surface area (Å²) in [6.07, 6.45) is 2.31. The van der Waals surface area contributed by atoms with Gasteiger partial charge in [0.2, 0.25) is 0 Å². The highest BCUT2D eigenvalue weighted by molar-refractivity contribution is 5.94. The number of carbonyl (C=O) groups excluding carboxylic acids is 2. The minimum Gasteiger partial charge on any atom is -0.497 e. The number of urea groups is 1. The van der Waals surface area contributed by atoms with Crippen molar-refractivity contribution in [2.45, 2.75) is 19.3 Å². The van der Waals surface area contributed by atoms with E-state index < -0.39 is 5.82 Å². The van der Waals surface area contributed by atoms with Gasteiger partial charge in [-0.05, 0) is 55.0 Å².